The molecule has 0 bridgehead atoms. The van der Waals surface area contributed by atoms with Gasteiger partial charge in [-0.3, -0.25) is 9.59 Å². The molecule has 0 aromatic rings. The summed E-state index contributed by atoms with van der Waals surface area (Å²) in [5.74, 6) is -3.29. The lowest BCUT2D eigenvalue weighted by molar-refractivity contribution is -0.167. The molecule has 0 amide bonds. The fourth-order valence-corrected chi connectivity index (χ4v) is 4.51. The molecule has 6 nitrogen and oxygen atoms in total. The first-order valence-electron chi connectivity index (χ1n) is 11.1. The quantitative estimate of drug-likeness (QED) is 0.600. The topological polar surface area (TPSA) is 104 Å². The highest BCUT2D eigenvalue weighted by molar-refractivity contribution is 5.83. The molecule has 10 atom stereocenters. The summed E-state index contributed by atoms with van der Waals surface area (Å²) in [5.41, 5.74) is 0. The van der Waals surface area contributed by atoms with E-state index >= 15 is 0 Å². The average Bonchev–Trinajstić information content (AvgIpc) is 2.67. The Morgan fingerprint density at radius 1 is 0.862 bits per heavy atom. The highest BCUT2D eigenvalue weighted by Crippen LogP contribution is 2.31. The second-order valence-corrected chi connectivity index (χ2v) is 9.89. The molecule has 0 aliphatic carbocycles. The molecule has 0 spiro atoms. The van der Waals surface area contributed by atoms with Crippen LogP contribution in [0.5, 0.6) is 0 Å². The summed E-state index contributed by atoms with van der Waals surface area (Å²) in [7, 11) is 0. The van der Waals surface area contributed by atoms with Gasteiger partial charge in [0.25, 0.3) is 0 Å². The Kier molecular flexibility index (Phi) is 9.77. The van der Waals surface area contributed by atoms with E-state index in [0.29, 0.717) is 12.8 Å². The van der Waals surface area contributed by atoms with Crippen molar-refractivity contribution in [1.82, 2.24) is 0 Å². The molecule has 0 saturated carbocycles. The van der Waals surface area contributed by atoms with Crippen LogP contribution in [0.3, 0.4) is 0 Å². The number of hydrogen-bond donors (Lipinski definition) is 3. The molecule has 29 heavy (non-hydrogen) atoms. The summed E-state index contributed by atoms with van der Waals surface area (Å²) in [4.78, 5) is 25.7. The van der Waals surface area contributed by atoms with Gasteiger partial charge in [0, 0.05) is 23.7 Å². The maximum absolute atomic E-state index is 12.9. The molecule has 170 valence electrons. The maximum atomic E-state index is 12.9. The zero-order valence-corrected chi connectivity index (χ0v) is 19.3. The third-order valence-corrected chi connectivity index (χ3v) is 6.81. The third-order valence-electron chi connectivity index (χ3n) is 6.81. The van der Waals surface area contributed by atoms with Crippen molar-refractivity contribution in [3.8, 4) is 0 Å². The van der Waals surface area contributed by atoms with Gasteiger partial charge in [0.1, 0.15) is 11.9 Å². The van der Waals surface area contributed by atoms with E-state index in [1.807, 2.05) is 27.7 Å². The second-order valence-electron chi connectivity index (χ2n) is 9.89. The minimum Gasteiger partial charge on any atom is -0.462 e. The highest BCUT2D eigenvalue weighted by Gasteiger charge is 2.40. The Balaban J connectivity index is 3.29. The molecule has 6 heteroatoms. The minimum absolute atomic E-state index is 0.0587. The number of aliphatic hydroxyl groups is 3. The van der Waals surface area contributed by atoms with Gasteiger partial charge in [-0.25, -0.2) is 0 Å². The van der Waals surface area contributed by atoms with Crippen molar-refractivity contribution in [2.24, 2.45) is 41.4 Å². The predicted molar refractivity (Wildman–Crippen MR) is 112 cm³/mol. The van der Waals surface area contributed by atoms with Crippen molar-refractivity contribution in [1.29, 1.82) is 0 Å². The maximum Gasteiger partial charge on any atom is 0.311 e. The van der Waals surface area contributed by atoms with E-state index < -0.39 is 54.1 Å². The average molecular weight is 415 g/mol. The van der Waals surface area contributed by atoms with E-state index in [9.17, 15) is 24.9 Å². The van der Waals surface area contributed by atoms with Gasteiger partial charge in [-0.2, -0.15) is 0 Å². The Bertz CT molecular complexity index is 547. The van der Waals surface area contributed by atoms with E-state index in [4.69, 9.17) is 4.74 Å². The molecule has 10 unspecified atom stereocenters. The third kappa shape index (κ3) is 6.50. The molecule has 1 aliphatic heterocycles. The van der Waals surface area contributed by atoms with Crippen LogP contribution in [0.2, 0.25) is 0 Å². The van der Waals surface area contributed by atoms with Gasteiger partial charge in [0.05, 0.1) is 24.2 Å². The number of rotatable bonds is 2. The molecule has 1 fully saturated rings. The molecule has 3 N–H and O–H groups in total. The van der Waals surface area contributed by atoms with E-state index in [0.717, 1.165) is 0 Å². The van der Waals surface area contributed by atoms with Crippen molar-refractivity contribution < 1.29 is 29.6 Å². The fourth-order valence-electron chi connectivity index (χ4n) is 4.51. The Morgan fingerprint density at radius 3 is 1.90 bits per heavy atom. The number of esters is 1. The zero-order chi connectivity index (χ0) is 22.6. The normalized spacial score (nSPS) is 43.7. The van der Waals surface area contributed by atoms with Gasteiger partial charge in [-0.05, 0) is 31.6 Å². The molecule has 1 rings (SSSR count). The van der Waals surface area contributed by atoms with Gasteiger partial charge in [-0.1, -0.05) is 48.5 Å². The molecule has 0 aromatic heterocycles. The first kappa shape index (κ1) is 26.1. The number of aliphatic hydroxyl groups excluding tert-OH is 3. The van der Waals surface area contributed by atoms with Crippen LogP contribution in [-0.4, -0.2) is 51.5 Å². The Morgan fingerprint density at radius 2 is 1.38 bits per heavy atom. The smallest absolute Gasteiger partial charge is 0.311 e. The Hall–Kier alpha value is -0.980. The van der Waals surface area contributed by atoms with Crippen LogP contribution in [0, 0.1) is 41.4 Å². The summed E-state index contributed by atoms with van der Waals surface area (Å²) >= 11 is 0. The number of Topliss-reactive ketones (excluding diaryl/α,β-unsaturated/α-hetero) is 1. The van der Waals surface area contributed by atoms with Crippen molar-refractivity contribution in [3.05, 3.63) is 0 Å². The summed E-state index contributed by atoms with van der Waals surface area (Å²) < 4.78 is 5.74. The highest BCUT2D eigenvalue weighted by atomic mass is 16.5. The summed E-state index contributed by atoms with van der Waals surface area (Å²) in [6, 6.07) is 0. The second kappa shape index (κ2) is 10.9. The van der Waals surface area contributed by atoms with Crippen LogP contribution in [0.1, 0.15) is 68.2 Å². The number of ketones is 1. The molecule has 0 radical (unpaired) electrons. The number of ether oxygens (including phenoxy) is 1. The van der Waals surface area contributed by atoms with Crippen molar-refractivity contribution in [2.45, 2.75) is 92.6 Å². The predicted octanol–water partition coefficient (Wildman–Crippen LogP) is 2.82. The van der Waals surface area contributed by atoms with Gasteiger partial charge < -0.3 is 20.1 Å². The SMILES string of the molecule is CC(C)CC1OC(=O)C(C)C(O)C(C)C(O)C(C)CC(C)C(=O)C(C)C(O)C1C. The van der Waals surface area contributed by atoms with E-state index in [-0.39, 0.29) is 23.5 Å². The standard InChI is InChI=1S/C23H42O6/c1-11(2)9-18-14(5)21(26)15(6)19(24)12(3)10-13(4)20(25)16(7)22(27)17(8)23(28)29-18/h11-18,20-22,25-27H,9-10H2,1-8H3. The summed E-state index contributed by atoms with van der Waals surface area (Å²) in [6.07, 6.45) is -2.41. The summed E-state index contributed by atoms with van der Waals surface area (Å²) in [6.45, 7) is 14.5. The lowest BCUT2D eigenvalue weighted by atomic mass is 9.76. The number of cyclic esters (lactones) is 1. The van der Waals surface area contributed by atoms with Crippen LogP contribution in [0.4, 0.5) is 0 Å². The van der Waals surface area contributed by atoms with Crippen LogP contribution in [0.15, 0.2) is 0 Å². The van der Waals surface area contributed by atoms with E-state index in [1.54, 1.807) is 27.7 Å². The monoisotopic (exact) mass is 414 g/mol. The zero-order valence-electron chi connectivity index (χ0n) is 19.3. The van der Waals surface area contributed by atoms with Gasteiger partial charge in [0.15, 0.2) is 0 Å². The largest absolute Gasteiger partial charge is 0.462 e. The van der Waals surface area contributed by atoms with Crippen LogP contribution >= 0.6 is 0 Å². The number of carbonyl (C=O) groups excluding carboxylic acids is 2. The number of hydrogen-bond acceptors (Lipinski definition) is 6. The van der Waals surface area contributed by atoms with Gasteiger partial charge in [-0.15, -0.1) is 0 Å². The first-order chi connectivity index (χ1) is 13.3. The molecular formula is C23H42O6. The summed E-state index contributed by atoms with van der Waals surface area (Å²) in [5, 5.41) is 32.3. The first-order valence-corrected chi connectivity index (χ1v) is 11.1. The van der Waals surface area contributed by atoms with Crippen molar-refractivity contribution in [3.63, 3.8) is 0 Å². The fraction of sp³-hybridized carbons (Fsp3) is 0.913. The lowest BCUT2D eigenvalue weighted by Crippen LogP contribution is -2.45. The van der Waals surface area contributed by atoms with Crippen molar-refractivity contribution >= 4 is 11.8 Å². The number of carbonyl (C=O) groups is 2. The van der Waals surface area contributed by atoms with Crippen LogP contribution < -0.4 is 0 Å². The Labute approximate surface area is 176 Å². The minimum atomic E-state index is -1.06. The van der Waals surface area contributed by atoms with E-state index in [1.165, 1.54) is 0 Å². The van der Waals surface area contributed by atoms with Gasteiger partial charge in [0.2, 0.25) is 0 Å². The van der Waals surface area contributed by atoms with E-state index in [2.05, 4.69) is 0 Å². The van der Waals surface area contributed by atoms with Gasteiger partial charge >= 0.3 is 5.97 Å². The molecule has 1 heterocycles. The lowest BCUT2D eigenvalue weighted by Gasteiger charge is -2.36. The van der Waals surface area contributed by atoms with Crippen LogP contribution in [0.25, 0.3) is 0 Å². The molecule has 0 aromatic carbocycles. The molecular weight excluding hydrogens is 372 g/mol. The molecule has 1 saturated heterocycles. The van der Waals surface area contributed by atoms with Crippen molar-refractivity contribution in [2.75, 3.05) is 0 Å². The van der Waals surface area contributed by atoms with Crippen LogP contribution in [-0.2, 0) is 14.3 Å². The molecule has 1 aliphatic rings.